The van der Waals surface area contributed by atoms with Gasteiger partial charge in [-0.25, -0.2) is 4.98 Å². The summed E-state index contributed by atoms with van der Waals surface area (Å²) in [6.07, 6.45) is 5.00. The van der Waals surface area contributed by atoms with Gasteiger partial charge in [-0.3, -0.25) is 0 Å². The first-order chi connectivity index (χ1) is 5.90. The molecule has 1 heterocycles. The van der Waals surface area contributed by atoms with Gasteiger partial charge in [-0.05, 0) is 19.4 Å². The molecule has 66 valence electrons. The average molecular weight is 182 g/mol. The Balaban J connectivity index is 2.02. The normalized spacial score (nSPS) is 17.8. The van der Waals surface area contributed by atoms with E-state index in [1.54, 1.807) is 11.3 Å². The Morgan fingerprint density at radius 3 is 3.00 bits per heavy atom. The molecule has 0 amide bonds. The van der Waals surface area contributed by atoms with Crippen LogP contribution < -0.4 is 5.73 Å². The molecular weight excluding hydrogens is 168 g/mol. The van der Waals surface area contributed by atoms with Gasteiger partial charge in [0, 0.05) is 17.7 Å². The fourth-order valence-corrected chi connectivity index (χ4v) is 2.35. The maximum Gasteiger partial charge on any atom is 0.0940 e. The van der Waals surface area contributed by atoms with Crippen LogP contribution in [0.3, 0.4) is 0 Å². The molecule has 1 aliphatic rings. The Bertz CT molecular complexity index is 253. The SMILES string of the molecule is NCCc1nc(C2CCC2)cs1. The fraction of sp³-hybridized carbons (Fsp3) is 0.667. The van der Waals surface area contributed by atoms with Crippen molar-refractivity contribution in [2.75, 3.05) is 6.54 Å². The van der Waals surface area contributed by atoms with Gasteiger partial charge < -0.3 is 5.73 Å². The van der Waals surface area contributed by atoms with Crippen molar-refractivity contribution in [2.24, 2.45) is 5.73 Å². The van der Waals surface area contributed by atoms with Crippen molar-refractivity contribution >= 4 is 11.3 Å². The van der Waals surface area contributed by atoms with Crippen LogP contribution in [0, 0.1) is 0 Å². The minimum Gasteiger partial charge on any atom is -0.330 e. The highest BCUT2D eigenvalue weighted by Crippen LogP contribution is 2.36. The van der Waals surface area contributed by atoms with Crippen molar-refractivity contribution in [1.29, 1.82) is 0 Å². The lowest BCUT2D eigenvalue weighted by Crippen LogP contribution is -2.09. The van der Waals surface area contributed by atoms with Crippen molar-refractivity contribution in [2.45, 2.75) is 31.6 Å². The molecule has 2 rings (SSSR count). The van der Waals surface area contributed by atoms with E-state index in [2.05, 4.69) is 10.4 Å². The van der Waals surface area contributed by atoms with Crippen LogP contribution >= 0.6 is 11.3 Å². The van der Waals surface area contributed by atoms with E-state index in [1.165, 1.54) is 30.0 Å². The molecule has 1 aromatic heterocycles. The Kier molecular flexibility index (Phi) is 2.42. The Labute approximate surface area is 76.8 Å². The molecule has 3 heteroatoms. The van der Waals surface area contributed by atoms with E-state index in [0.29, 0.717) is 0 Å². The maximum atomic E-state index is 5.46. The first-order valence-electron chi connectivity index (χ1n) is 4.54. The molecule has 0 bridgehead atoms. The molecule has 1 aromatic rings. The third kappa shape index (κ3) is 1.52. The van der Waals surface area contributed by atoms with Gasteiger partial charge in [-0.15, -0.1) is 11.3 Å². The fourth-order valence-electron chi connectivity index (χ4n) is 1.45. The number of hydrogen-bond donors (Lipinski definition) is 1. The lowest BCUT2D eigenvalue weighted by molar-refractivity contribution is 0.412. The second-order valence-electron chi connectivity index (χ2n) is 3.33. The highest BCUT2D eigenvalue weighted by molar-refractivity contribution is 7.09. The number of nitrogens with zero attached hydrogens (tertiary/aromatic N) is 1. The molecule has 0 unspecified atom stereocenters. The van der Waals surface area contributed by atoms with Gasteiger partial charge in [0.05, 0.1) is 10.7 Å². The standard InChI is InChI=1S/C9H14N2S/c10-5-4-9-11-8(6-12-9)7-2-1-3-7/h6-7H,1-5,10H2. The summed E-state index contributed by atoms with van der Waals surface area (Å²) in [6.45, 7) is 0.720. The molecule has 0 atom stereocenters. The van der Waals surface area contributed by atoms with Crippen LogP contribution in [0.25, 0.3) is 0 Å². The summed E-state index contributed by atoms with van der Waals surface area (Å²) in [5.41, 5.74) is 6.77. The third-order valence-electron chi connectivity index (χ3n) is 2.45. The summed E-state index contributed by atoms with van der Waals surface area (Å²) in [4.78, 5) is 4.56. The van der Waals surface area contributed by atoms with E-state index in [4.69, 9.17) is 5.73 Å². The van der Waals surface area contributed by atoms with E-state index in [-0.39, 0.29) is 0 Å². The van der Waals surface area contributed by atoms with Crippen LogP contribution in [0.5, 0.6) is 0 Å². The number of hydrogen-bond acceptors (Lipinski definition) is 3. The first kappa shape index (κ1) is 8.20. The molecule has 1 fully saturated rings. The average Bonchev–Trinajstić information content (AvgIpc) is 2.34. The van der Waals surface area contributed by atoms with Crippen LogP contribution in [0.1, 0.15) is 35.9 Å². The van der Waals surface area contributed by atoms with Crippen molar-refractivity contribution in [3.8, 4) is 0 Å². The van der Waals surface area contributed by atoms with Crippen molar-refractivity contribution in [3.05, 3.63) is 16.1 Å². The van der Waals surface area contributed by atoms with E-state index < -0.39 is 0 Å². The number of nitrogens with two attached hydrogens (primary N) is 1. The zero-order chi connectivity index (χ0) is 8.39. The van der Waals surface area contributed by atoms with Crippen LogP contribution in [-0.2, 0) is 6.42 Å². The zero-order valence-corrected chi connectivity index (χ0v) is 7.94. The first-order valence-corrected chi connectivity index (χ1v) is 5.42. The van der Waals surface area contributed by atoms with Gasteiger partial charge in [-0.2, -0.15) is 0 Å². The second-order valence-corrected chi connectivity index (χ2v) is 4.28. The number of thiazole rings is 1. The molecular formula is C9H14N2S. The van der Waals surface area contributed by atoms with Crippen molar-refractivity contribution in [3.63, 3.8) is 0 Å². The van der Waals surface area contributed by atoms with E-state index >= 15 is 0 Å². The Hall–Kier alpha value is -0.410. The topological polar surface area (TPSA) is 38.9 Å². The van der Waals surface area contributed by atoms with Crippen LogP contribution in [-0.4, -0.2) is 11.5 Å². The predicted molar refractivity (Wildman–Crippen MR) is 51.5 cm³/mol. The lowest BCUT2D eigenvalue weighted by atomic mass is 9.83. The number of aromatic nitrogens is 1. The second kappa shape index (κ2) is 3.54. The maximum absolute atomic E-state index is 5.46. The van der Waals surface area contributed by atoms with Crippen LogP contribution in [0.15, 0.2) is 5.38 Å². The highest BCUT2D eigenvalue weighted by Gasteiger charge is 2.21. The summed E-state index contributed by atoms with van der Waals surface area (Å²) < 4.78 is 0. The van der Waals surface area contributed by atoms with Gasteiger partial charge in [0.2, 0.25) is 0 Å². The largest absolute Gasteiger partial charge is 0.330 e. The molecule has 1 saturated carbocycles. The smallest absolute Gasteiger partial charge is 0.0940 e. The third-order valence-corrected chi connectivity index (χ3v) is 3.38. The van der Waals surface area contributed by atoms with Crippen LogP contribution in [0.4, 0.5) is 0 Å². The molecule has 12 heavy (non-hydrogen) atoms. The quantitative estimate of drug-likeness (QED) is 0.775. The van der Waals surface area contributed by atoms with E-state index in [1.807, 2.05) is 0 Å². The minimum absolute atomic E-state index is 0.720. The zero-order valence-electron chi connectivity index (χ0n) is 7.12. The summed E-state index contributed by atoms with van der Waals surface area (Å²) >= 11 is 1.76. The molecule has 0 saturated heterocycles. The summed E-state index contributed by atoms with van der Waals surface area (Å²) in [6, 6.07) is 0. The van der Waals surface area contributed by atoms with Gasteiger partial charge >= 0.3 is 0 Å². The summed E-state index contributed by atoms with van der Waals surface area (Å²) in [5, 5.41) is 3.41. The molecule has 0 spiro atoms. The summed E-state index contributed by atoms with van der Waals surface area (Å²) in [5.74, 6) is 0.771. The Morgan fingerprint density at radius 2 is 2.42 bits per heavy atom. The molecule has 2 N–H and O–H groups in total. The molecule has 0 aliphatic heterocycles. The monoisotopic (exact) mass is 182 g/mol. The lowest BCUT2D eigenvalue weighted by Gasteiger charge is -2.22. The molecule has 1 aliphatic carbocycles. The van der Waals surface area contributed by atoms with Crippen molar-refractivity contribution < 1.29 is 0 Å². The van der Waals surface area contributed by atoms with E-state index in [9.17, 15) is 0 Å². The van der Waals surface area contributed by atoms with Gasteiger partial charge in [-0.1, -0.05) is 6.42 Å². The van der Waals surface area contributed by atoms with Crippen molar-refractivity contribution in [1.82, 2.24) is 4.98 Å². The minimum atomic E-state index is 0.720. The molecule has 0 aromatic carbocycles. The highest BCUT2D eigenvalue weighted by atomic mass is 32.1. The summed E-state index contributed by atoms with van der Waals surface area (Å²) in [7, 11) is 0. The number of rotatable bonds is 3. The van der Waals surface area contributed by atoms with Gasteiger partial charge in [0.15, 0.2) is 0 Å². The Morgan fingerprint density at radius 1 is 1.58 bits per heavy atom. The van der Waals surface area contributed by atoms with Crippen LogP contribution in [0.2, 0.25) is 0 Å². The van der Waals surface area contributed by atoms with Gasteiger partial charge in [0.1, 0.15) is 0 Å². The van der Waals surface area contributed by atoms with Gasteiger partial charge in [0.25, 0.3) is 0 Å². The molecule has 0 radical (unpaired) electrons. The molecule has 2 nitrogen and oxygen atoms in total. The van der Waals surface area contributed by atoms with E-state index in [0.717, 1.165) is 18.9 Å². The predicted octanol–water partition coefficient (Wildman–Crippen LogP) is 1.91.